The molecule has 72 valence electrons. The van der Waals surface area contributed by atoms with Crippen LogP contribution in [0.5, 0.6) is 0 Å². The maximum Gasteiger partial charge on any atom is 0.0794 e. The van der Waals surface area contributed by atoms with Crippen LogP contribution in [0.3, 0.4) is 0 Å². The van der Waals surface area contributed by atoms with Gasteiger partial charge in [0.15, 0.2) is 0 Å². The summed E-state index contributed by atoms with van der Waals surface area (Å²) in [4.78, 5) is 2.21. The van der Waals surface area contributed by atoms with Crippen LogP contribution in [0, 0.1) is 0 Å². The van der Waals surface area contributed by atoms with E-state index < -0.39 is 0 Å². The highest BCUT2D eigenvalue weighted by atomic mass is 16.3. The summed E-state index contributed by atoms with van der Waals surface area (Å²) in [7, 11) is 0. The first-order valence-corrected chi connectivity index (χ1v) is 4.69. The Kier molecular flexibility index (Phi) is 2.33. The van der Waals surface area contributed by atoms with E-state index in [-0.39, 0.29) is 6.10 Å². The molecule has 0 atom stereocenters. The number of aryl methyl sites for hydroxylation is 1. The molecule has 2 heterocycles. The first kappa shape index (κ1) is 8.72. The van der Waals surface area contributed by atoms with E-state index in [1.54, 1.807) is 0 Å². The summed E-state index contributed by atoms with van der Waals surface area (Å²) < 4.78 is 1.92. The molecule has 1 aromatic heterocycles. The van der Waals surface area contributed by atoms with Crippen LogP contribution in [0.2, 0.25) is 0 Å². The molecular formula is C9H15N3O. The van der Waals surface area contributed by atoms with Crippen LogP contribution < -0.4 is 0 Å². The maximum absolute atomic E-state index is 9.09. The number of hydrogen-bond donors (Lipinski definition) is 1. The maximum atomic E-state index is 9.09. The van der Waals surface area contributed by atoms with E-state index in [0.29, 0.717) is 0 Å². The number of nitrogens with zero attached hydrogens (tertiary/aromatic N) is 3. The van der Waals surface area contributed by atoms with E-state index in [1.165, 1.54) is 5.56 Å². The number of aliphatic hydroxyl groups excluding tert-OH is 1. The van der Waals surface area contributed by atoms with Crippen molar-refractivity contribution in [3.05, 3.63) is 18.0 Å². The first-order valence-electron chi connectivity index (χ1n) is 4.69. The molecule has 1 aromatic rings. The third kappa shape index (κ3) is 1.89. The Bertz CT molecular complexity index is 278. The Morgan fingerprint density at radius 3 is 2.92 bits per heavy atom. The van der Waals surface area contributed by atoms with Gasteiger partial charge in [0.05, 0.1) is 12.3 Å². The van der Waals surface area contributed by atoms with Gasteiger partial charge < -0.3 is 5.11 Å². The van der Waals surface area contributed by atoms with E-state index in [0.717, 1.165) is 26.2 Å². The monoisotopic (exact) mass is 181 g/mol. The zero-order valence-corrected chi connectivity index (χ0v) is 7.85. The Hall–Kier alpha value is -0.870. The summed E-state index contributed by atoms with van der Waals surface area (Å²) in [6, 6.07) is 0. The fraction of sp³-hybridized carbons (Fsp3) is 0.667. The van der Waals surface area contributed by atoms with Crippen molar-refractivity contribution >= 4 is 0 Å². The predicted octanol–water partition coefficient (Wildman–Crippen LogP) is 0.0795. The van der Waals surface area contributed by atoms with Gasteiger partial charge >= 0.3 is 0 Å². The van der Waals surface area contributed by atoms with Crippen LogP contribution in [0.4, 0.5) is 0 Å². The fourth-order valence-electron chi connectivity index (χ4n) is 1.59. The van der Waals surface area contributed by atoms with Gasteiger partial charge in [-0.3, -0.25) is 9.58 Å². The number of aromatic nitrogens is 2. The smallest absolute Gasteiger partial charge is 0.0794 e. The van der Waals surface area contributed by atoms with Crippen molar-refractivity contribution in [3.8, 4) is 0 Å². The third-order valence-corrected chi connectivity index (χ3v) is 2.35. The number of aliphatic hydroxyl groups is 1. The van der Waals surface area contributed by atoms with Gasteiger partial charge in [0.1, 0.15) is 0 Å². The molecule has 0 radical (unpaired) electrons. The molecule has 1 N–H and O–H groups in total. The Balaban J connectivity index is 1.87. The number of β-amino-alcohol motifs (C(OH)–C–C–N with tert-alkyl or cyclic N) is 1. The summed E-state index contributed by atoms with van der Waals surface area (Å²) in [5.41, 5.74) is 1.23. The molecule has 1 fully saturated rings. The molecule has 1 saturated heterocycles. The number of likely N-dealkylation sites (tertiary alicyclic amines) is 1. The lowest BCUT2D eigenvalue weighted by molar-refractivity contribution is -0.00287. The minimum atomic E-state index is -0.110. The first-order chi connectivity index (χ1) is 6.28. The van der Waals surface area contributed by atoms with Crippen LogP contribution in [-0.4, -0.2) is 39.0 Å². The summed E-state index contributed by atoms with van der Waals surface area (Å²) in [6.07, 6.45) is 3.85. The van der Waals surface area contributed by atoms with E-state index in [9.17, 15) is 0 Å². The Morgan fingerprint density at radius 1 is 1.62 bits per heavy atom. The highest BCUT2D eigenvalue weighted by Crippen LogP contribution is 2.12. The van der Waals surface area contributed by atoms with Crippen molar-refractivity contribution in [1.82, 2.24) is 14.7 Å². The molecular weight excluding hydrogens is 166 g/mol. The zero-order chi connectivity index (χ0) is 9.26. The molecule has 0 bridgehead atoms. The standard InChI is InChI=1S/C9H15N3O/c1-2-12-5-8(3-10-12)4-11-6-9(13)7-11/h3,5,9,13H,2,4,6-7H2,1H3. The van der Waals surface area contributed by atoms with Crippen LogP contribution in [0.1, 0.15) is 12.5 Å². The predicted molar refractivity (Wildman–Crippen MR) is 49.2 cm³/mol. The van der Waals surface area contributed by atoms with Crippen LogP contribution in [0.25, 0.3) is 0 Å². The van der Waals surface area contributed by atoms with Gasteiger partial charge in [-0.2, -0.15) is 5.10 Å². The molecule has 4 nitrogen and oxygen atoms in total. The van der Waals surface area contributed by atoms with Crippen LogP contribution in [-0.2, 0) is 13.1 Å². The van der Waals surface area contributed by atoms with Gasteiger partial charge in [0.2, 0.25) is 0 Å². The molecule has 1 aliphatic rings. The fourth-order valence-corrected chi connectivity index (χ4v) is 1.59. The second-order valence-corrected chi connectivity index (χ2v) is 3.55. The molecule has 0 spiro atoms. The van der Waals surface area contributed by atoms with Crippen molar-refractivity contribution in [3.63, 3.8) is 0 Å². The summed E-state index contributed by atoms with van der Waals surface area (Å²) in [5.74, 6) is 0. The largest absolute Gasteiger partial charge is 0.390 e. The molecule has 0 saturated carbocycles. The van der Waals surface area contributed by atoms with E-state index in [4.69, 9.17) is 5.11 Å². The Labute approximate surface area is 77.8 Å². The van der Waals surface area contributed by atoms with Crippen molar-refractivity contribution in [2.75, 3.05) is 13.1 Å². The lowest BCUT2D eigenvalue weighted by Crippen LogP contribution is -2.49. The van der Waals surface area contributed by atoms with E-state index >= 15 is 0 Å². The van der Waals surface area contributed by atoms with E-state index in [1.807, 2.05) is 10.9 Å². The van der Waals surface area contributed by atoms with Gasteiger partial charge in [0.25, 0.3) is 0 Å². The van der Waals surface area contributed by atoms with Gasteiger partial charge in [-0.25, -0.2) is 0 Å². The lowest BCUT2D eigenvalue weighted by Gasteiger charge is -2.35. The SMILES string of the molecule is CCn1cc(CN2CC(O)C2)cn1. The second-order valence-electron chi connectivity index (χ2n) is 3.55. The van der Waals surface area contributed by atoms with Crippen LogP contribution >= 0.6 is 0 Å². The van der Waals surface area contributed by atoms with Crippen molar-refractivity contribution in [2.45, 2.75) is 26.1 Å². The van der Waals surface area contributed by atoms with Crippen molar-refractivity contribution < 1.29 is 5.11 Å². The third-order valence-electron chi connectivity index (χ3n) is 2.35. The molecule has 0 unspecified atom stereocenters. The summed E-state index contributed by atoms with van der Waals surface area (Å²) in [6.45, 7) is 5.51. The average molecular weight is 181 g/mol. The molecule has 1 aliphatic heterocycles. The number of rotatable bonds is 3. The highest BCUT2D eigenvalue weighted by molar-refractivity contribution is 5.04. The zero-order valence-electron chi connectivity index (χ0n) is 7.85. The lowest BCUT2D eigenvalue weighted by atomic mass is 10.1. The van der Waals surface area contributed by atoms with Gasteiger partial charge in [-0.1, -0.05) is 0 Å². The molecule has 13 heavy (non-hydrogen) atoms. The molecule has 0 aromatic carbocycles. The van der Waals surface area contributed by atoms with Crippen LogP contribution in [0.15, 0.2) is 12.4 Å². The quantitative estimate of drug-likeness (QED) is 0.718. The second kappa shape index (κ2) is 3.47. The minimum Gasteiger partial charge on any atom is -0.390 e. The Morgan fingerprint density at radius 2 is 2.38 bits per heavy atom. The van der Waals surface area contributed by atoms with Gasteiger partial charge in [-0.15, -0.1) is 0 Å². The topological polar surface area (TPSA) is 41.3 Å². The molecule has 2 rings (SSSR count). The highest BCUT2D eigenvalue weighted by Gasteiger charge is 2.24. The minimum absolute atomic E-state index is 0.110. The molecule has 4 heteroatoms. The number of hydrogen-bond acceptors (Lipinski definition) is 3. The van der Waals surface area contributed by atoms with Gasteiger partial charge in [0, 0.05) is 37.9 Å². The normalized spacial score (nSPS) is 18.9. The van der Waals surface area contributed by atoms with Gasteiger partial charge in [-0.05, 0) is 6.92 Å². The molecule has 0 amide bonds. The molecule has 0 aliphatic carbocycles. The summed E-state index contributed by atoms with van der Waals surface area (Å²) >= 11 is 0. The van der Waals surface area contributed by atoms with E-state index in [2.05, 4.69) is 23.1 Å². The average Bonchev–Trinajstić information content (AvgIpc) is 2.50. The summed E-state index contributed by atoms with van der Waals surface area (Å²) in [5, 5.41) is 13.3. The van der Waals surface area contributed by atoms with Crippen molar-refractivity contribution in [1.29, 1.82) is 0 Å². The van der Waals surface area contributed by atoms with Crippen molar-refractivity contribution in [2.24, 2.45) is 0 Å².